The van der Waals surface area contributed by atoms with Crippen molar-refractivity contribution < 1.29 is 14.7 Å². The van der Waals surface area contributed by atoms with Gasteiger partial charge in [-0.15, -0.1) is 0 Å². The van der Waals surface area contributed by atoms with Crippen LogP contribution in [-0.4, -0.2) is 63.1 Å². The van der Waals surface area contributed by atoms with Crippen molar-refractivity contribution in [1.29, 1.82) is 0 Å². The molecule has 0 aliphatic carbocycles. The number of urea groups is 1. The molecule has 2 atom stereocenters. The van der Waals surface area contributed by atoms with Gasteiger partial charge in [-0.05, 0) is 61.1 Å². The quantitative estimate of drug-likeness (QED) is 0.493. The monoisotopic (exact) mass is 437 g/mol. The molecular formula is C22H25ClN3NaO3. The Hall–Kier alpha value is -1.86. The summed E-state index contributed by atoms with van der Waals surface area (Å²) in [6, 6.07) is 10.7. The van der Waals surface area contributed by atoms with E-state index in [-0.39, 0.29) is 54.0 Å². The van der Waals surface area contributed by atoms with E-state index in [4.69, 9.17) is 16.7 Å². The molecule has 0 saturated carbocycles. The third-order valence-corrected chi connectivity index (χ3v) is 5.29. The Morgan fingerprint density at radius 2 is 2.00 bits per heavy atom. The zero-order chi connectivity index (χ0) is 20.6. The number of carbonyl (C=O) groups excluding carboxylic acids is 1. The second-order valence-electron chi connectivity index (χ2n) is 7.05. The van der Waals surface area contributed by atoms with Crippen molar-refractivity contribution in [2.24, 2.45) is 5.92 Å². The summed E-state index contributed by atoms with van der Waals surface area (Å²) >= 11 is 5.92. The van der Waals surface area contributed by atoms with Gasteiger partial charge in [-0.2, -0.15) is 0 Å². The van der Waals surface area contributed by atoms with E-state index >= 15 is 0 Å². The second kappa shape index (κ2) is 12.1. The minimum atomic E-state index is -0.797. The fourth-order valence-corrected chi connectivity index (χ4v) is 3.78. The first-order chi connectivity index (χ1) is 14.0. The number of carboxylic acid groups (broad SMARTS) is 1. The molecule has 1 aliphatic heterocycles. The van der Waals surface area contributed by atoms with Crippen LogP contribution in [0.1, 0.15) is 37.3 Å². The van der Waals surface area contributed by atoms with Crippen molar-refractivity contribution in [3.05, 3.63) is 71.5 Å². The van der Waals surface area contributed by atoms with Crippen LogP contribution in [0.2, 0.25) is 5.02 Å². The maximum absolute atomic E-state index is 13.0. The van der Waals surface area contributed by atoms with E-state index in [0.29, 0.717) is 23.7 Å². The number of carboxylic acids is 1. The number of likely N-dealkylation sites (tertiary alicyclic amines) is 1. The van der Waals surface area contributed by atoms with Gasteiger partial charge < -0.3 is 15.3 Å². The number of hydrogen-bond donors (Lipinski definition) is 2. The number of benzene rings is 1. The first-order valence-electron chi connectivity index (χ1n) is 9.64. The summed E-state index contributed by atoms with van der Waals surface area (Å²) in [6.45, 7) is 0.645. The molecule has 2 N–H and O–H groups in total. The fourth-order valence-electron chi connectivity index (χ4n) is 3.66. The van der Waals surface area contributed by atoms with Gasteiger partial charge in [0.1, 0.15) is 0 Å². The van der Waals surface area contributed by atoms with Gasteiger partial charge in [0.15, 0.2) is 0 Å². The molecule has 2 aromatic rings. The molecule has 0 radical (unpaired) electrons. The molecule has 0 bridgehead atoms. The molecule has 154 valence electrons. The molecule has 3 rings (SSSR count). The fraction of sp³-hybridized carbons (Fsp3) is 0.318. The number of rotatable bonds is 7. The molecule has 0 spiro atoms. The molecule has 6 nitrogen and oxygen atoms in total. The van der Waals surface area contributed by atoms with Gasteiger partial charge in [-0.3, -0.25) is 9.78 Å². The molecule has 1 aliphatic rings. The third kappa shape index (κ3) is 6.84. The molecular weight excluding hydrogens is 413 g/mol. The number of aromatic nitrogens is 1. The van der Waals surface area contributed by atoms with Gasteiger partial charge in [0, 0.05) is 36.1 Å². The number of anilines is 1. The molecule has 1 saturated heterocycles. The van der Waals surface area contributed by atoms with E-state index in [1.54, 1.807) is 36.7 Å². The first-order valence-corrected chi connectivity index (χ1v) is 10.0. The van der Waals surface area contributed by atoms with Gasteiger partial charge in [0.25, 0.3) is 0 Å². The normalized spacial score (nSPS) is 18.2. The van der Waals surface area contributed by atoms with Crippen LogP contribution < -0.4 is 5.32 Å². The molecule has 1 fully saturated rings. The number of hydrogen-bond acceptors (Lipinski definition) is 3. The number of allylic oxidation sites excluding steroid dienone is 2. The van der Waals surface area contributed by atoms with Gasteiger partial charge in [-0.25, -0.2) is 4.79 Å². The van der Waals surface area contributed by atoms with Crippen molar-refractivity contribution >= 4 is 58.8 Å². The summed E-state index contributed by atoms with van der Waals surface area (Å²) in [7, 11) is 0. The number of nitrogens with one attached hydrogen (secondary N) is 1. The van der Waals surface area contributed by atoms with Gasteiger partial charge >= 0.3 is 41.6 Å². The molecule has 8 heteroatoms. The number of amides is 2. The summed E-state index contributed by atoms with van der Waals surface area (Å²) in [5, 5.41) is 12.3. The predicted molar refractivity (Wildman–Crippen MR) is 120 cm³/mol. The Balaban J connectivity index is 0.00000320. The van der Waals surface area contributed by atoms with Crippen molar-refractivity contribution in [3.63, 3.8) is 0 Å². The van der Waals surface area contributed by atoms with Crippen molar-refractivity contribution in [1.82, 2.24) is 9.88 Å². The Morgan fingerprint density at radius 3 is 2.67 bits per heavy atom. The maximum atomic E-state index is 13.0. The standard InChI is InChI=1S/C22H24ClN3O3.Na.H/c23-18-8-10-19(11-9-18)25-22(29)26-14-12-16(5-2-1-3-7-20(27)28)21(26)17-6-4-13-24-15-17;;/h1-2,4,6,8-11,13,15-16,21H,3,5,7,12,14H2,(H,25,29)(H,27,28);;/b2-1-;;/t16-,21+;;/m1../s1. The van der Waals surface area contributed by atoms with Crippen molar-refractivity contribution in [3.8, 4) is 0 Å². The van der Waals surface area contributed by atoms with Crippen LogP contribution in [0.4, 0.5) is 10.5 Å². The number of nitrogens with zero attached hydrogens (tertiary/aromatic N) is 2. The summed E-state index contributed by atoms with van der Waals surface area (Å²) in [5.74, 6) is -0.551. The van der Waals surface area contributed by atoms with Gasteiger partial charge in [0.05, 0.1) is 6.04 Å². The zero-order valence-corrected chi connectivity index (χ0v) is 16.8. The predicted octanol–water partition coefficient (Wildman–Crippen LogP) is 4.49. The van der Waals surface area contributed by atoms with E-state index in [0.717, 1.165) is 18.4 Å². The summed E-state index contributed by atoms with van der Waals surface area (Å²) < 4.78 is 0. The SMILES string of the molecule is O=C(O)CC/C=C\C[C@@H]1CCN(C(=O)Nc2ccc(Cl)cc2)[C@@H]1c1cccnc1.[NaH]. The van der Waals surface area contributed by atoms with E-state index in [2.05, 4.69) is 10.3 Å². The summed E-state index contributed by atoms with van der Waals surface area (Å²) in [5.41, 5.74) is 1.70. The van der Waals surface area contributed by atoms with Gasteiger partial charge in [0.2, 0.25) is 0 Å². The molecule has 1 aromatic carbocycles. The molecule has 1 aromatic heterocycles. The van der Waals surface area contributed by atoms with Crippen LogP contribution in [0, 0.1) is 5.92 Å². The van der Waals surface area contributed by atoms with Crippen molar-refractivity contribution in [2.45, 2.75) is 31.7 Å². The Bertz CT molecular complexity index is 862. The topological polar surface area (TPSA) is 82.5 Å². The van der Waals surface area contributed by atoms with E-state index < -0.39 is 5.97 Å². The molecule has 30 heavy (non-hydrogen) atoms. The van der Waals surface area contributed by atoms with Crippen LogP contribution in [-0.2, 0) is 4.79 Å². The number of carbonyl (C=O) groups is 2. The number of halogens is 1. The molecule has 2 heterocycles. The summed E-state index contributed by atoms with van der Waals surface area (Å²) in [4.78, 5) is 29.7. The van der Waals surface area contributed by atoms with Crippen LogP contribution in [0.5, 0.6) is 0 Å². The second-order valence-corrected chi connectivity index (χ2v) is 7.49. The van der Waals surface area contributed by atoms with Crippen LogP contribution in [0.15, 0.2) is 60.9 Å². The average molecular weight is 438 g/mol. The summed E-state index contributed by atoms with van der Waals surface area (Å²) in [6.07, 6.45) is 9.75. The van der Waals surface area contributed by atoms with Crippen LogP contribution >= 0.6 is 11.6 Å². The Labute approximate surface area is 203 Å². The zero-order valence-electron chi connectivity index (χ0n) is 16.0. The molecule has 2 amide bonds. The number of pyridine rings is 1. The minimum absolute atomic E-state index is 0. The van der Waals surface area contributed by atoms with E-state index in [9.17, 15) is 9.59 Å². The van der Waals surface area contributed by atoms with E-state index in [1.165, 1.54) is 0 Å². The van der Waals surface area contributed by atoms with E-state index in [1.807, 2.05) is 29.2 Å². The van der Waals surface area contributed by atoms with Crippen LogP contribution in [0.3, 0.4) is 0 Å². The number of aliphatic carboxylic acids is 1. The molecule has 0 unspecified atom stereocenters. The van der Waals surface area contributed by atoms with Gasteiger partial charge in [-0.1, -0.05) is 29.8 Å². The van der Waals surface area contributed by atoms with Crippen LogP contribution in [0.25, 0.3) is 0 Å². The Morgan fingerprint density at radius 1 is 1.23 bits per heavy atom. The Kier molecular flexibility index (Phi) is 9.85. The first kappa shape index (κ1) is 24.4. The third-order valence-electron chi connectivity index (χ3n) is 5.04. The average Bonchev–Trinajstić information content (AvgIpc) is 3.14. The van der Waals surface area contributed by atoms with Crippen molar-refractivity contribution in [2.75, 3.05) is 11.9 Å².